The number of ether oxygens (including phenoxy) is 1. The molecule has 3 rings (SSSR count). The van der Waals surface area contributed by atoms with E-state index >= 15 is 0 Å². The van der Waals surface area contributed by atoms with E-state index in [2.05, 4.69) is 60.3 Å². The summed E-state index contributed by atoms with van der Waals surface area (Å²) in [7, 11) is 2.19. The molecular weight excluding hydrogens is 350 g/mol. The molecule has 156 valence electrons. The van der Waals surface area contributed by atoms with Gasteiger partial charge in [-0.15, -0.1) is 0 Å². The molecule has 2 fully saturated rings. The van der Waals surface area contributed by atoms with Crippen molar-refractivity contribution < 1.29 is 9.53 Å². The van der Waals surface area contributed by atoms with Gasteiger partial charge in [0.05, 0.1) is 13.2 Å². The second-order valence-corrected chi connectivity index (χ2v) is 8.87. The highest BCUT2D eigenvalue weighted by Gasteiger charge is 2.40. The van der Waals surface area contributed by atoms with E-state index in [-0.39, 0.29) is 17.4 Å². The van der Waals surface area contributed by atoms with Crippen molar-refractivity contribution in [1.82, 2.24) is 15.1 Å². The lowest BCUT2D eigenvalue weighted by molar-refractivity contribution is -0.123. The number of carbonyl (C=O) groups excluding carboxylic acids is 1. The summed E-state index contributed by atoms with van der Waals surface area (Å²) in [5.41, 5.74) is 1.33. The fourth-order valence-corrected chi connectivity index (χ4v) is 4.65. The Hall–Kier alpha value is -1.43. The van der Waals surface area contributed by atoms with E-state index in [1.807, 2.05) is 6.07 Å². The Morgan fingerprint density at radius 2 is 1.75 bits per heavy atom. The van der Waals surface area contributed by atoms with E-state index in [1.165, 1.54) is 5.56 Å². The van der Waals surface area contributed by atoms with E-state index in [0.29, 0.717) is 12.3 Å². The largest absolute Gasteiger partial charge is 0.379 e. The number of carbonyl (C=O) groups is 1. The van der Waals surface area contributed by atoms with Crippen molar-refractivity contribution in [2.24, 2.45) is 5.92 Å². The van der Waals surface area contributed by atoms with E-state index in [4.69, 9.17) is 4.74 Å². The Balaban J connectivity index is 1.62. The van der Waals surface area contributed by atoms with Crippen LogP contribution in [0.4, 0.5) is 0 Å². The lowest BCUT2D eigenvalue weighted by atomic mass is 9.84. The Labute approximate surface area is 170 Å². The molecule has 1 unspecified atom stereocenters. The standard InChI is InChI=1S/C23H37N3O2/c1-19(2)21(20-7-5-4-6-8-20)17-22(27)24-18-23(9-11-25(3)12-10-23)26-13-15-28-16-14-26/h4-8,19,21H,9-18H2,1-3H3,(H,24,27). The SMILES string of the molecule is CC(C)C(CC(=O)NCC1(N2CCOCC2)CCN(C)CC1)c1ccccc1. The quantitative estimate of drug-likeness (QED) is 0.781. The fourth-order valence-electron chi connectivity index (χ4n) is 4.65. The number of amides is 1. The average molecular weight is 388 g/mol. The molecule has 1 N–H and O–H groups in total. The Kier molecular flexibility index (Phi) is 7.49. The molecule has 0 radical (unpaired) electrons. The van der Waals surface area contributed by atoms with Gasteiger partial charge in [-0.25, -0.2) is 0 Å². The summed E-state index contributed by atoms with van der Waals surface area (Å²) in [5, 5.41) is 3.32. The molecule has 0 bridgehead atoms. The molecule has 0 saturated carbocycles. The van der Waals surface area contributed by atoms with Gasteiger partial charge in [-0.3, -0.25) is 9.69 Å². The van der Waals surface area contributed by atoms with E-state index < -0.39 is 0 Å². The van der Waals surface area contributed by atoms with Crippen LogP contribution in [0.3, 0.4) is 0 Å². The first-order valence-corrected chi connectivity index (χ1v) is 10.8. The Morgan fingerprint density at radius 3 is 2.36 bits per heavy atom. The molecule has 1 atom stereocenters. The number of benzene rings is 1. The minimum Gasteiger partial charge on any atom is -0.379 e. The third kappa shape index (κ3) is 5.34. The van der Waals surface area contributed by atoms with Crippen molar-refractivity contribution in [1.29, 1.82) is 0 Å². The van der Waals surface area contributed by atoms with Gasteiger partial charge in [0.15, 0.2) is 0 Å². The number of likely N-dealkylation sites (tertiary alicyclic amines) is 1. The number of hydrogen-bond acceptors (Lipinski definition) is 4. The van der Waals surface area contributed by atoms with Crippen molar-refractivity contribution >= 4 is 5.91 Å². The minimum absolute atomic E-state index is 0.0754. The fraction of sp³-hybridized carbons (Fsp3) is 0.696. The third-order valence-corrected chi connectivity index (χ3v) is 6.65. The normalized spacial score (nSPS) is 22.1. The van der Waals surface area contributed by atoms with Crippen LogP contribution in [0.25, 0.3) is 0 Å². The van der Waals surface area contributed by atoms with E-state index in [0.717, 1.165) is 58.8 Å². The van der Waals surface area contributed by atoms with Gasteiger partial charge in [-0.05, 0) is 50.4 Å². The van der Waals surface area contributed by atoms with E-state index in [9.17, 15) is 4.79 Å². The predicted molar refractivity (Wildman–Crippen MR) is 114 cm³/mol. The molecule has 1 aromatic rings. The lowest BCUT2D eigenvalue weighted by Gasteiger charge is -2.49. The highest BCUT2D eigenvalue weighted by atomic mass is 16.5. The smallest absolute Gasteiger partial charge is 0.220 e. The summed E-state index contributed by atoms with van der Waals surface area (Å²) in [4.78, 5) is 17.9. The van der Waals surface area contributed by atoms with Crippen molar-refractivity contribution in [3.63, 3.8) is 0 Å². The second kappa shape index (κ2) is 9.86. The monoisotopic (exact) mass is 387 g/mol. The first-order valence-electron chi connectivity index (χ1n) is 10.8. The third-order valence-electron chi connectivity index (χ3n) is 6.65. The van der Waals surface area contributed by atoms with Crippen LogP contribution in [0.15, 0.2) is 30.3 Å². The van der Waals surface area contributed by atoms with Gasteiger partial charge >= 0.3 is 0 Å². The highest BCUT2D eigenvalue weighted by molar-refractivity contribution is 5.77. The van der Waals surface area contributed by atoms with Gasteiger partial charge in [0.1, 0.15) is 0 Å². The molecule has 0 spiro atoms. The van der Waals surface area contributed by atoms with Gasteiger partial charge in [0, 0.05) is 31.6 Å². The zero-order valence-corrected chi connectivity index (χ0v) is 17.8. The molecular formula is C23H37N3O2. The first-order chi connectivity index (χ1) is 13.5. The molecule has 2 aliphatic rings. The highest BCUT2D eigenvalue weighted by Crippen LogP contribution is 2.30. The van der Waals surface area contributed by atoms with Gasteiger partial charge in [-0.1, -0.05) is 44.2 Å². The zero-order chi connectivity index (χ0) is 20.0. The number of piperidine rings is 1. The molecule has 0 aliphatic carbocycles. The van der Waals surface area contributed by atoms with Crippen LogP contribution in [-0.4, -0.2) is 74.2 Å². The number of nitrogens with one attached hydrogen (secondary N) is 1. The van der Waals surface area contributed by atoms with Crippen LogP contribution in [0.1, 0.15) is 44.6 Å². The maximum atomic E-state index is 12.9. The molecule has 5 nitrogen and oxygen atoms in total. The maximum absolute atomic E-state index is 12.9. The molecule has 28 heavy (non-hydrogen) atoms. The predicted octanol–water partition coefficient (Wildman–Crippen LogP) is 2.73. The van der Waals surface area contributed by atoms with Crippen LogP contribution in [-0.2, 0) is 9.53 Å². The summed E-state index contributed by atoms with van der Waals surface area (Å²) in [6, 6.07) is 10.4. The maximum Gasteiger partial charge on any atom is 0.220 e. The van der Waals surface area contributed by atoms with Crippen LogP contribution in [0.2, 0.25) is 0 Å². The zero-order valence-electron chi connectivity index (χ0n) is 17.8. The van der Waals surface area contributed by atoms with Gasteiger partial charge in [0.2, 0.25) is 5.91 Å². The first kappa shape index (κ1) is 21.3. The summed E-state index contributed by atoms with van der Waals surface area (Å²) >= 11 is 0. The Morgan fingerprint density at radius 1 is 1.11 bits per heavy atom. The number of nitrogens with zero attached hydrogens (tertiary/aromatic N) is 2. The van der Waals surface area contributed by atoms with Crippen molar-refractivity contribution in [3.8, 4) is 0 Å². The summed E-state index contributed by atoms with van der Waals surface area (Å²) in [6.07, 6.45) is 2.77. The van der Waals surface area contributed by atoms with Crippen LogP contribution in [0.5, 0.6) is 0 Å². The van der Waals surface area contributed by atoms with E-state index in [1.54, 1.807) is 0 Å². The molecule has 1 amide bonds. The molecule has 2 aliphatic heterocycles. The average Bonchev–Trinajstić information content (AvgIpc) is 2.73. The number of morpholine rings is 1. The summed E-state index contributed by atoms with van der Waals surface area (Å²) in [6.45, 7) is 10.9. The summed E-state index contributed by atoms with van der Waals surface area (Å²) in [5.74, 6) is 0.872. The topological polar surface area (TPSA) is 44.8 Å². The molecule has 2 heterocycles. The Bertz CT molecular complexity index is 606. The van der Waals surface area contributed by atoms with Crippen molar-refractivity contribution in [2.45, 2.75) is 44.6 Å². The van der Waals surface area contributed by atoms with Crippen molar-refractivity contribution in [3.05, 3.63) is 35.9 Å². The number of hydrogen-bond donors (Lipinski definition) is 1. The van der Waals surface area contributed by atoms with Crippen LogP contribution in [0, 0.1) is 5.92 Å². The minimum atomic E-state index is 0.0754. The lowest BCUT2D eigenvalue weighted by Crippen LogP contribution is -2.62. The molecule has 1 aromatic carbocycles. The van der Waals surface area contributed by atoms with Gasteiger partial charge in [-0.2, -0.15) is 0 Å². The molecule has 5 heteroatoms. The molecule has 2 saturated heterocycles. The van der Waals surface area contributed by atoms with Gasteiger partial charge < -0.3 is 15.0 Å². The summed E-state index contributed by atoms with van der Waals surface area (Å²) < 4.78 is 5.57. The van der Waals surface area contributed by atoms with Crippen LogP contribution >= 0.6 is 0 Å². The second-order valence-electron chi connectivity index (χ2n) is 8.87. The van der Waals surface area contributed by atoms with Gasteiger partial charge in [0.25, 0.3) is 0 Å². The number of rotatable bonds is 7. The van der Waals surface area contributed by atoms with Crippen molar-refractivity contribution in [2.75, 3.05) is 53.0 Å². The molecule has 0 aromatic heterocycles. The van der Waals surface area contributed by atoms with Crippen LogP contribution < -0.4 is 5.32 Å².